The van der Waals surface area contributed by atoms with Crippen molar-refractivity contribution in [1.29, 1.82) is 0 Å². The molecular formula is C11H20N2O3. The van der Waals surface area contributed by atoms with Gasteiger partial charge < -0.3 is 20.5 Å². The van der Waals surface area contributed by atoms with Crippen LogP contribution in [0, 0.1) is 5.41 Å². The first-order valence-corrected chi connectivity index (χ1v) is 5.86. The highest BCUT2D eigenvalue weighted by Crippen LogP contribution is 2.46. The fourth-order valence-corrected chi connectivity index (χ4v) is 2.17. The number of carbonyl (C=O) groups excluding carboxylic acids is 1. The molecule has 2 fully saturated rings. The van der Waals surface area contributed by atoms with Gasteiger partial charge >= 0.3 is 0 Å². The molecule has 1 saturated heterocycles. The van der Waals surface area contributed by atoms with Crippen LogP contribution in [0.1, 0.15) is 19.8 Å². The molecule has 2 unspecified atom stereocenters. The number of rotatable bonds is 3. The van der Waals surface area contributed by atoms with Gasteiger partial charge in [-0.2, -0.15) is 0 Å². The molecule has 2 rings (SSSR count). The number of nitrogens with zero attached hydrogens (tertiary/aromatic N) is 1. The number of hydrogen-bond acceptors (Lipinski definition) is 4. The molecule has 1 aliphatic heterocycles. The predicted molar refractivity (Wildman–Crippen MR) is 58.7 cm³/mol. The van der Waals surface area contributed by atoms with E-state index in [2.05, 4.69) is 0 Å². The largest absolute Gasteiger partial charge is 0.394 e. The number of carbonyl (C=O) groups is 1. The smallest absolute Gasteiger partial charge is 0.230 e. The Morgan fingerprint density at radius 1 is 1.62 bits per heavy atom. The number of amides is 1. The molecular weight excluding hydrogens is 208 g/mol. The lowest BCUT2D eigenvalue weighted by Crippen LogP contribution is -2.55. The van der Waals surface area contributed by atoms with E-state index < -0.39 is 0 Å². The minimum absolute atomic E-state index is 0.0356. The Morgan fingerprint density at radius 2 is 2.31 bits per heavy atom. The summed E-state index contributed by atoms with van der Waals surface area (Å²) < 4.78 is 5.41. The van der Waals surface area contributed by atoms with Crippen LogP contribution in [0.25, 0.3) is 0 Å². The van der Waals surface area contributed by atoms with Crippen LogP contribution in [0.5, 0.6) is 0 Å². The van der Waals surface area contributed by atoms with Crippen molar-refractivity contribution in [2.45, 2.75) is 31.9 Å². The molecule has 1 saturated carbocycles. The van der Waals surface area contributed by atoms with Gasteiger partial charge in [0.1, 0.15) is 0 Å². The van der Waals surface area contributed by atoms with Gasteiger partial charge in [-0.15, -0.1) is 0 Å². The molecule has 0 bridgehead atoms. The third-order valence-corrected chi connectivity index (χ3v) is 3.67. The molecule has 1 heterocycles. The van der Waals surface area contributed by atoms with E-state index in [1.165, 1.54) is 0 Å². The van der Waals surface area contributed by atoms with Crippen LogP contribution in [0.4, 0.5) is 0 Å². The molecule has 0 radical (unpaired) electrons. The lowest BCUT2D eigenvalue weighted by molar-refractivity contribution is -0.151. The number of morpholine rings is 1. The second-order valence-corrected chi connectivity index (χ2v) is 4.93. The Morgan fingerprint density at radius 3 is 2.81 bits per heavy atom. The number of aliphatic hydroxyl groups excluding tert-OH is 1. The SMILES string of the molecule is CC1COC(CO)CN1C(=O)C1(CN)CC1. The van der Waals surface area contributed by atoms with E-state index in [4.69, 9.17) is 15.6 Å². The van der Waals surface area contributed by atoms with E-state index in [1.807, 2.05) is 11.8 Å². The van der Waals surface area contributed by atoms with Gasteiger partial charge in [-0.25, -0.2) is 0 Å². The lowest BCUT2D eigenvalue weighted by Gasteiger charge is -2.39. The Balaban J connectivity index is 2.04. The molecule has 2 aliphatic rings. The van der Waals surface area contributed by atoms with E-state index in [0.29, 0.717) is 19.7 Å². The average Bonchev–Trinajstić information content (AvgIpc) is 3.10. The van der Waals surface area contributed by atoms with Crippen molar-refractivity contribution in [1.82, 2.24) is 4.90 Å². The fraction of sp³-hybridized carbons (Fsp3) is 0.909. The molecule has 92 valence electrons. The van der Waals surface area contributed by atoms with Crippen molar-refractivity contribution in [2.75, 3.05) is 26.3 Å². The van der Waals surface area contributed by atoms with Gasteiger partial charge in [0.2, 0.25) is 5.91 Å². The second kappa shape index (κ2) is 4.31. The fourth-order valence-electron chi connectivity index (χ4n) is 2.17. The molecule has 5 nitrogen and oxygen atoms in total. The van der Waals surface area contributed by atoms with Crippen molar-refractivity contribution in [3.05, 3.63) is 0 Å². The summed E-state index contributed by atoms with van der Waals surface area (Å²) in [7, 11) is 0. The molecule has 16 heavy (non-hydrogen) atoms. The normalized spacial score (nSPS) is 32.6. The van der Waals surface area contributed by atoms with Gasteiger partial charge in [-0.3, -0.25) is 4.79 Å². The van der Waals surface area contributed by atoms with E-state index in [1.54, 1.807) is 0 Å². The molecule has 0 aromatic heterocycles. The first-order valence-electron chi connectivity index (χ1n) is 5.86. The monoisotopic (exact) mass is 228 g/mol. The maximum absolute atomic E-state index is 12.3. The maximum Gasteiger partial charge on any atom is 0.230 e. The summed E-state index contributed by atoms with van der Waals surface area (Å²) in [4.78, 5) is 14.1. The van der Waals surface area contributed by atoms with Crippen LogP contribution >= 0.6 is 0 Å². The third-order valence-electron chi connectivity index (χ3n) is 3.67. The zero-order chi connectivity index (χ0) is 11.8. The maximum atomic E-state index is 12.3. The Bertz CT molecular complexity index is 278. The van der Waals surface area contributed by atoms with E-state index >= 15 is 0 Å². The molecule has 0 aromatic rings. The Hall–Kier alpha value is -0.650. The zero-order valence-corrected chi connectivity index (χ0v) is 9.69. The highest BCUT2D eigenvalue weighted by Gasteiger charge is 2.51. The first kappa shape index (κ1) is 11.8. The van der Waals surface area contributed by atoms with Crippen LogP contribution in [0.2, 0.25) is 0 Å². The first-order chi connectivity index (χ1) is 7.63. The number of aliphatic hydroxyl groups is 1. The standard InChI is InChI=1S/C11H20N2O3/c1-8-6-16-9(5-14)4-13(8)10(15)11(7-12)2-3-11/h8-9,14H,2-7,12H2,1H3. The van der Waals surface area contributed by atoms with Crippen molar-refractivity contribution in [3.8, 4) is 0 Å². The summed E-state index contributed by atoms with van der Waals surface area (Å²) in [5.41, 5.74) is 5.36. The van der Waals surface area contributed by atoms with Crippen LogP contribution in [-0.2, 0) is 9.53 Å². The summed E-state index contributed by atoms with van der Waals surface area (Å²) in [5.74, 6) is 0.143. The minimum atomic E-state index is -0.300. The van der Waals surface area contributed by atoms with Crippen LogP contribution in [0.15, 0.2) is 0 Å². The average molecular weight is 228 g/mol. The van der Waals surface area contributed by atoms with E-state index in [9.17, 15) is 4.79 Å². The van der Waals surface area contributed by atoms with Crippen molar-refractivity contribution < 1.29 is 14.6 Å². The van der Waals surface area contributed by atoms with Crippen LogP contribution < -0.4 is 5.73 Å². The molecule has 3 N–H and O–H groups in total. The second-order valence-electron chi connectivity index (χ2n) is 4.93. The van der Waals surface area contributed by atoms with Gasteiger partial charge in [0.05, 0.1) is 30.8 Å². The Labute approximate surface area is 95.5 Å². The molecule has 0 aromatic carbocycles. The van der Waals surface area contributed by atoms with Crippen molar-refractivity contribution >= 4 is 5.91 Å². The summed E-state index contributed by atoms with van der Waals surface area (Å²) in [5, 5.41) is 9.06. The summed E-state index contributed by atoms with van der Waals surface area (Å²) in [6.07, 6.45) is 1.56. The van der Waals surface area contributed by atoms with Gasteiger partial charge in [-0.05, 0) is 19.8 Å². The lowest BCUT2D eigenvalue weighted by atomic mass is 10.0. The van der Waals surface area contributed by atoms with Gasteiger partial charge in [-0.1, -0.05) is 0 Å². The van der Waals surface area contributed by atoms with Crippen molar-refractivity contribution in [2.24, 2.45) is 11.1 Å². The number of hydrogen-bond donors (Lipinski definition) is 2. The molecule has 1 aliphatic carbocycles. The number of ether oxygens (including phenoxy) is 1. The van der Waals surface area contributed by atoms with E-state index in [-0.39, 0.29) is 30.1 Å². The minimum Gasteiger partial charge on any atom is -0.394 e. The van der Waals surface area contributed by atoms with Gasteiger partial charge in [0.15, 0.2) is 0 Å². The molecule has 5 heteroatoms. The topological polar surface area (TPSA) is 75.8 Å². The van der Waals surface area contributed by atoms with Gasteiger partial charge in [0, 0.05) is 13.1 Å². The third kappa shape index (κ3) is 1.95. The van der Waals surface area contributed by atoms with Gasteiger partial charge in [0.25, 0.3) is 0 Å². The van der Waals surface area contributed by atoms with E-state index in [0.717, 1.165) is 12.8 Å². The number of nitrogens with two attached hydrogens (primary N) is 1. The zero-order valence-electron chi connectivity index (χ0n) is 9.69. The highest BCUT2D eigenvalue weighted by molar-refractivity contribution is 5.86. The molecule has 1 amide bonds. The summed E-state index contributed by atoms with van der Waals surface area (Å²) in [6, 6.07) is 0.0827. The van der Waals surface area contributed by atoms with Crippen LogP contribution in [0.3, 0.4) is 0 Å². The van der Waals surface area contributed by atoms with Crippen LogP contribution in [-0.4, -0.2) is 54.4 Å². The summed E-state index contributed by atoms with van der Waals surface area (Å²) >= 11 is 0. The molecule has 0 spiro atoms. The molecule has 2 atom stereocenters. The summed E-state index contributed by atoms with van der Waals surface area (Å²) in [6.45, 7) is 3.35. The predicted octanol–water partition coefficient (Wildman–Crippen LogP) is -0.666. The highest BCUT2D eigenvalue weighted by atomic mass is 16.5. The van der Waals surface area contributed by atoms with Crippen molar-refractivity contribution in [3.63, 3.8) is 0 Å². The Kier molecular flexibility index (Phi) is 3.19. The quantitative estimate of drug-likeness (QED) is 0.672.